The second-order valence-corrected chi connectivity index (χ2v) is 6.70. The van der Waals surface area contributed by atoms with Crippen molar-refractivity contribution in [3.05, 3.63) is 30.3 Å². The van der Waals surface area contributed by atoms with Crippen molar-refractivity contribution < 1.29 is 0 Å². The molecule has 1 aromatic carbocycles. The van der Waals surface area contributed by atoms with Crippen molar-refractivity contribution in [1.82, 2.24) is 10.6 Å². The summed E-state index contributed by atoms with van der Waals surface area (Å²) in [6.45, 7) is 4.84. The summed E-state index contributed by atoms with van der Waals surface area (Å²) >= 11 is 3.77. The van der Waals surface area contributed by atoms with E-state index in [0.717, 1.165) is 37.8 Å². The first-order valence-electron chi connectivity index (χ1n) is 7.55. The standard InChI is InChI=1S/C16H27N3S2.HI/c1-3-17-16(18-11-7-8-13-20-2)19-12-14-21-15-9-5-4-6-10-15;/h4-6,9-10H,3,7-8,11-14H2,1-2H3,(H2,17,18,19);1H. The maximum Gasteiger partial charge on any atom is 0.191 e. The van der Waals surface area contributed by atoms with E-state index in [1.54, 1.807) is 0 Å². The van der Waals surface area contributed by atoms with E-state index >= 15 is 0 Å². The average Bonchev–Trinajstić information content (AvgIpc) is 2.52. The van der Waals surface area contributed by atoms with Crippen LogP contribution in [0.3, 0.4) is 0 Å². The molecule has 0 saturated heterocycles. The van der Waals surface area contributed by atoms with Gasteiger partial charge in [-0.2, -0.15) is 11.8 Å². The summed E-state index contributed by atoms with van der Waals surface area (Å²) in [5.41, 5.74) is 0. The summed E-state index contributed by atoms with van der Waals surface area (Å²) in [4.78, 5) is 5.92. The lowest BCUT2D eigenvalue weighted by Gasteiger charge is -2.11. The fraction of sp³-hybridized carbons (Fsp3) is 0.562. The number of aliphatic imine (C=N–C) groups is 1. The normalized spacial score (nSPS) is 10.9. The van der Waals surface area contributed by atoms with Gasteiger partial charge in [0.05, 0.1) is 0 Å². The lowest BCUT2D eigenvalue weighted by molar-refractivity contribution is 0.786. The third-order valence-electron chi connectivity index (χ3n) is 2.78. The number of unbranched alkanes of at least 4 members (excludes halogenated alkanes) is 1. The van der Waals surface area contributed by atoms with Crippen molar-refractivity contribution in [3.63, 3.8) is 0 Å². The Kier molecular flexibility index (Phi) is 15.7. The molecule has 3 nitrogen and oxygen atoms in total. The van der Waals surface area contributed by atoms with Crippen LogP contribution in [0.25, 0.3) is 0 Å². The number of halogens is 1. The van der Waals surface area contributed by atoms with E-state index in [9.17, 15) is 0 Å². The smallest absolute Gasteiger partial charge is 0.191 e. The highest BCUT2D eigenvalue weighted by Crippen LogP contribution is 2.15. The van der Waals surface area contributed by atoms with Crippen LogP contribution in [0, 0.1) is 0 Å². The van der Waals surface area contributed by atoms with Gasteiger partial charge >= 0.3 is 0 Å². The molecule has 0 fully saturated rings. The lowest BCUT2D eigenvalue weighted by Crippen LogP contribution is -2.38. The van der Waals surface area contributed by atoms with Crippen LogP contribution in [0.2, 0.25) is 0 Å². The number of benzene rings is 1. The van der Waals surface area contributed by atoms with E-state index in [-0.39, 0.29) is 24.0 Å². The van der Waals surface area contributed by atoms with Gasteiger partial charge in [0.2, 0.25) is 0 Å². The minimum Gasteiger partial charge on any atom is -0.357 e. The summed E-state index contributed by atoms with van der Waals surface area (Å²) < 4.78 is 0. The second-order valence-electron chi connectivity index (χ2n) is 4.55. The summed E-state index contributed by atoms with van der Waals surface area (Å²) in [5.74, 6) is 3.21. The maximum atomic E-state index is 4.61. The molecular weight excluding hydrogens is 425 g/mol. The van der Waals surface area contributed by atoms with Crippen molar-refractivity contribution in [1.29, 1.82) is 0 Å². The van der Waals surface area contributed by atoms with Gasteiger partial charge in [-0.15, -0.1) is 35.7 Å². The number of thioether (sulfide) groups is 2. The maximum absolute atomic E-state index is 4.61. The molecule has 0 spiro atoms. The Morgan fingerprint density at radius 3 is 2.55 bits per heavy atom. The van der Waals surface area contributed by atoms with Crippen LogP contribution in [0.15, 0.2) is 40.2 Å². The SMILES string of the molecule is CCNC(=NCCCCSC)NCCSc1ccccc1.I. The minimum absolute atomic E-state index is 0. The van der Waals surface area contributed by atoms with Gasteiger partial charge in [0.1, 0.15) is 0 Å². The third kappa shape index (κ3) is 11.5. The summed E-state index contributed by atoms with van der Waals surface area (Å²) in [6, 6.07) is 10.5. The van der Waals surface area contributed by atoms with Gasteiger partial charge in [0, 0.05) is 30.3 Å². The first-order valence-corrected chi connectivity index (χ1v) is 9.93. The van der Waals surface area contributed by atoms with Crippen molar-refractivity contribution in [2.45, 2.75) is 24.7 Å². The fourth-order valence-corrected chi connectivity index (χ4v) is 3.03. The number of nitrogens with one attached hydrogen (secondary N) is 2. The Morgan fingerprint density at radius 2 is 1.86 bits per heavy atom. The molecule has 0 saturated carbocycles. The molecule has 6 heteroatoms. The third-order valence-corrected chi connectivity index (χ3v) is 4.49. The molecule has 0 aromatic heterocycles. The summed E-state index contributed by atoms with van der Waals surface area (Å²) in [7, 11) is 0. The van der Waals surface area contributed by atoms with Gasteiger partial charge in [-0.3, -0.25) is 4.99 Å². The molecule has 0 aliphatic carbocycles. The average molecular weight is 453 g/mol. The molecule has 0 amide bonds. The van der Waals surface area contributed by atoms with Crippen LogP contribution >= 0.6 is 47.5 Å². The Balaban J connectivity index is 0.00000441. The quantitative estimate of drug-likeness (QED) is 0.184. The van der Waals surface area contributed by atoms with Crippen LogP contribution in [-0.2, 0) is 0 Å². The van der Waals surface area contributed by atoms with E-state index in [1.165, 1.54) is 17.1 Å². The summed E-state index contributed by atoms with van der Waals surface area (Å²) in [5, 5.41) is 6.69. The number of hydrogen-bond donors (Lipinski definition) is 2. The number of rotatable bonds is 10. The predicted molar refractivity (Wildman–Crippen MR) is 114 cm³/mol. The first kappa shape index (κ1) is 21.9. The largest absolute Gasteiger partial charge is 0.357 e. The molecule has 1 aromatic rings. The molecular formula is C16H28IN3S2. The zero-order chi connectivity index (χ0) is 15.2. The number of guanidine groups is 1. The molecule has 0 aliphatic rings. The van der Waals surface area contributed by atoms with Crippen LogP contribution in [0.4, 0.5) is 0 Å². The van der Waals surface area contributed by atoms with E-state index in [0.29, 0.717) is 0 Å². The van der Waals surface area contributed by atoms with Crippen molar-refractivity contribution in [3.8, 4) is 0 Å². The Morgan fingerprint density at radius 1 is 1.09 bits per heavy atom. The van der Waals surface area contributed by atoms with Gasteiger partial charge in [0.25, 0.3) is 0 Å². The fourth-order valence-electron chi connectivity index (χ4n) is 1.75. The molecule has 2 N–H and O–H groups in total. The van der Waals surface area contributed by atoms with Crippen molar-refractivity contribution >= 4 is 53.5 Å². The first-order chi connectivity index (χ1) is 10.4. The molecule has 0 unspecified atom stereocenters. The molecule has 0 heterocycles. The Bertz CT molecular complexity index is 388. The molecule has 126 valence electrons. The van der Waals surface area contributed by atoms with E-state index < -0.39 is 0 Å². The molecule has 0 aliphatic heterocycles. The number of nitrogens with zero attached hydrogens (tertiary/aromatic N) is 1. The van der Waals surface area contributed by atoms with Gasteiger partial charge in [-0.1, -0.05) is 18.2 Å². The van der Waals surface area contributed by atoms with Crippen molar-refractivity contribution in [2.24, 2.45) is 4.99 Å². The Labute approximate surface area is 160 Å². The van der Waals surface area contributed by atoms with Crippen LogP contribution in [0.1, 0.15) is 19.8 Å². The second kappa shape index (κ2) is 15.8. The molecule has 0 bridgehead atoms. The van der Waals surface area contributed by atoms with Gasteiger partial charge < -0.3 is 10.6 Å². The van der Waals surface area contributed by atoms with Crippen LogP contribution < -0.4 is 10.6 Å². The number of hydrogen-bond acceptors (Lipinski definition) is 3. The highest BCUT2D eigenvalue weighted by atomic mass is 127. The molecule has 0 radical (unpaired) electrons. The lowest BCUT2D eigenvalue weighted by atomic mass is 10.3. The van der Waals surface area contributed by atoms with E-state index in [4.69, 9.17) is 0 Å². The molecule has 1 rings (SSSR count). The van der Waals surface area contributed by atoms with Crippen LogP contribution in [-0.4, -0.2) is 43.4 Å². The van der Waals surface area contributed by atoms with E-state index in [2.05, 4.69) is 59.1 Å². The monoisotopic (exact) mass is 453 g/mol. The highest BCUT2D eigenvalue weighted by Gasteiger charge is 1.97. The Hall–Kier alpha value is -0.0800. The topological polar surface area (TPSA) is 36.4 Å². The molecule has 0 atom stereocenters. The minimum atomic E-state index is 0. The van der Waals surface area contributed by atoms with Crippen LogP contribution in [0.5, 0.6) is 0 Å². The highest BCUT2D eigenvalue weighted by molar-refractivity contribution is 14.0. The zero-order valence-electron chi connectivity index (χ0n) is 13.5. The zero-order valence-corrected chi connectivity index (χ0v) is 17.5. The predicted octanol–water partition coefficient (Wildman–Crippen LogP) is 4.10. The molecule has 22 heavy (non-hydrogen) atoms. The van der Waals surface area contributed by atoms with Gasteiger partial charge in [0.15, 0.2) is 5.96 Å². The summed E-state index contributed by atoms with van der Waals surface area (Å²) in [6.07, 6.45) is 4.56. The van der Waals surface area contributed by atoms with Gasteiger partial charge in [-0.25, -0.2) is 0 Å². The van der Waals surface area contributed by atoms with Crippen molar-refractivity contribution in [2.75, 3.05) is 37.4 Å². The van der Waals surface area contributed by atoms with E-state index in [1.807, 2.05) is 23.5 Å². The van der Waals surface area contributed by atoms with Gasteiger partial charge in [-0.05, 0) is 43.9 Å².